The summed E-state index contributed by atoms with van der Waals surface area (Å²) in [4.78, 5) is 11.5. The summed E-state index contributed by atoms with van der Waals surface area (Å²) in [5.41, 5.74) is 2.89. The number of benzene rings is 2. The van der Waals surface area contributed by atoms with Gasteiger partial charge in [0.25, 0.3) is 0 Å². The van der Waals surface area contributed by atoms with E-state index in [4.69, 9.17) is 33.8 Å². The van der Waals surface area contributed by atoms with E-state index in [2.05, 4.69) is 22.0 Å². The van der Waals surface area contributed by atoms with Crippen molar-refractivity contribution in [2.24, 2.45) is 0 Å². The van der Waals surface area contributed by atoms with Crippen LogP contribution in [0.4, 0.5) is 17.5 Å². The van der Waals surface area contributed by atoms with E-state index in [0.29, 0.717) is 23.1 Å². The molecule has 0 spiro atoms. The molecule has 4 rings (SSSR count). The zero-order valence-electron chi connectivity index (χ0n) is 18.7. The number of hydrogen-bond donors (Lipinski definition) is 3. The summed E-state index contributed by atoms with van der Waals surface area (Å²) in [5, 5.41) is 12.7. The third-order valence-electron chi connectivity index (χ3n) is 5.92. The molecule has 6 nitrogen and oxygen atoms in total. The van der Waals surface area contributed by atoms with Crippen LogP contribution in [0, 0.1) is 6.92 Å². The average Bonchev–Trinajstić information content (AvgIpc) is 2.77. The highest BCUT2D eigenvalue weighted by Crippen LogP contribution is 2.27. The number of hydrogen-bond acceptors (Lipinski definition) is 5. The molecule has 1 fully saturated rings. The maximum Gasteiger partial charge on any atom is 0.225 e. The zero-order valence-corrected chi connectivity index (χ0v) is 20.2. The molecule has 0 radical (unpaired) electrons. The lowest BCUT2D eigenvalue weighted by molar-refractivity contribution is 0.387. The minimum Gasteiger partial charge on any atom is -0.362 e. The molecule has 32 heavy (non-hydrogen) atoms. The van der Waals surface area contributed by atoms with Gasteiger partial charge < -0.3 is 20.9 Å². The van der Waals surface area contributed by atoms with E-state index in [-0.39, 0.29) is 0 Å². The van der Waals surface area contributed by atoms with Crippen LogP contribution in [0.5, 0.6) is 0 Å². The summed E-state index contributed by atoms with van der Waals surface area (Å²) in [6, 6.07) is 14.6. The van der Waals surface area contributed by atoms with Gasteiger partial charge in [0.1, 0.15) is 5.82 Å². The lowest BCUT2D eigenvalue weighted by atomic mass is 9.91. The number of nitrogens with zero attached hydrogens (tertiary/aromatic N) is 3. The summed E-state index contributed by atoms with van der Waals surface area (Å²) < 4.78 is 0. The molecule has 0 aliphatic heterocycles. The fourth-order valence-corrected chi connectivity index (χ4v) is 4.57. The number of fused-ring (bicyclic) bond motifs is 1. The van der Waals surface area contributed by atoms with Gasteiger partial charge in [-0.15, -0.1) is 0 Å². The molecular formula is C24H29ClN6S. The molecule has 2 aromatic carbocycles. The van der Waals surface area contributed by atoms with Gasteiger partial charge in [-0.25, -0.2) is 4.98 Å². The standard InChI is InChI=1S/C24H29ClN6S/c1-15-19(25)8-6-10-20(15)29-24(32)27-17-13-11-16(12-14-17)26-23-28-21-9-5-4-7-18(21)22(30-23)31(2)3/h4-10,16-17H,11-14H2,1-3H3,(H,26,28,30)(H2,27,29,32). The van der Waals surface area contributed by atoms with E-state index in [1.807, 2.05) is 62.3 Å². The second kappa shape index (κ2) is 9.88. The fraction of sp³-hybridized carbons (Fsp3) is 0.375. The molecule has 1 aliphatic rings. The van der Waals surface area contributed by atoms with Gasteiger partial charge in [-0.05, 0) is 74.7 Å². The van der Waals surface area contributed by atoms with Crippen molar-refractivity contribution in [1.82, 2.24) is 15.3 Å². The van der Waals surface area contributed by atoms with Crippen molar-refractivity contribution in [3.8, 4) is 0 Å². The van der Waals surface area contributed by atoms with E-state index in [1.54, 1.807) is 0 Å². The van der Waals surface area contributed by atoms with Crippen LogP contribution >= 0.6 is 23.8 Å². The molecule has 1 aromatic heterocycles. The molecule has 3 aromatic rings. The molecule has 0 saturated heterocycles. The van der Waals surface area contributed by atoms with E-state index in [1.165, 1.54) is 0 Å². The van der Waals surface area contributed by atoms with E-state index in [0.717, 1.165) is 58.7 Å². The highest BCUT2D eigenvalue weighted by atomic mass is 35.5. The van der Waals surface area contributed by atoms with Crippen molar-refractivity contribution in [2.75, 3.05) is 29.6 Å². The topological polar surface area (TPSA) is 65.1 Å². The Balaban J connectivity index is 1.33. The molecule has 168 valence electrons. The van der Waals surface area contributed by atoms with Crippen LogP contribution in [0.3, 0.4) is 0 Å². The average molecular weight is 469 g/mol. The highest BCUT2D eigenvalue weighted by molar-refractivity contribution is 7.80. The van der Waals surface area contributed by atoms with E-state index < -0.39 is 0 Å². The Bertz CT molecular complexity index is 1110. The maximum atomic E-state index is 6.21. The van der Waals surface area contributed by atoms with Crippen LogP contribution in [0.15, 0.2) is 42.5 Å². The van der Waals surface area contributed by atoms with Crippen molar-refractivity contribution in [3.63, 3.8) is 0 Å². The number of nitrogens with one attached hydrogen (secondary N) is 3. The Kier molecular flexibility index (Phi) is 6.96. The Morgan fingerprint density at radius 2 is 1.72 bits per heavy atom. The normalized spacial score (nSPS) is 18.2. The number of thiocarbonyl (C=S) groups is 1. The minimum atomic E-state index is 0.348. The Morgan fingerprint density at radius 1 is 1.00 bits per heavy atom. The molecule has 8 heteroatoms. The highest BCUT2D eigenvalue weighted by Gasteiger charge is 2.23. The van der Waals surface area contributed by atoms with E-state index in [9.17, 15) is 0 Å². The van der Waals surface area contributed by atoms with Crippen LogP contribution in [-0.2, 0) is 0 Å². The third-order valence-corrected chi connectivity index (χ3v) is 6.55. The number of halogens is 1. The summed E-state index contributed by atoms with van der Waals surface area (Å²) in [6.07, 6.45) is 4.12. The molecule has 1 heterocycles. The predicted octanol–water partition coefficient (Wildman–Crippen LogP) is 5.37. The Morgan fingerprint density at radius 3 is 2.47 bits per heavy atom. The second-order valence-electron chi connectivity index (χ2n) is 8.49. The molecule has 0 unspecified atom stereocenters. The number of rotatable bonds is 5. The first-order valence-corrected chi connectivity index (χ1v) is 11.7. The number of anilines is 3. The van der Waals surface area contributed by atoms with Crippen LogP contribution < -0.4 is 20.9 Å². The maximum absolute atomic E-state index is 6.21. The first-order valence-electron chi connectivity index (χ1n) is 10.9. The van der Waals surface area contributed by atoms with Gasteiger partial charge in [-0.2, -0.15) is 4.98 Å². The van der Waals surface area contributed by atoms with Crippen molar-refractivity contribution in [2.45, 2.75) is 44.7 Å². The Labute approximate surface area is 199 Å². The van der Waals surface area contributed by atoms with Gasteiger partial charge >= 0.3 is 0 Å². The van der Waals surface area contributed by atoms with Crippen molar-refractivity contribution >= 4 is 57.3 Å². The fourth-order valence-electron chi connectivity index (χ4n) is 4.12. The summed E-state index contributed by atoms with van der Waals surface area (Å²) in [7, 11) is 4.02. The molecule has 1 aliphatic carbocycles. The van der Waals surface area contributed by atoms with Crippen molar-refractivity contribution in [1.29, 1.82) is 0 Å². The van der Waals surface area contributed by atoms with E-state index >= 15 is 0 Å². The molecule has 1 saturated carbocycles. The quantitative estimate of drug-likeness (QED) is 0.435. The van der Waals surface area contributed by atoms with Gasteiger partial charge in [0.05, 0.1) is 5.52 Å². The largest absolute Gasteiger partial charge is 0.362 e. The summed E-state index contributed by atoms with van der Waals surface area (Å²) in [5.74, 6) is 1.62. The van der Waals surface area contributed by atoms with Crippen LogP contribution in [0.2, 0.25) is 5.02 Å². The first kappa shape index (κ1) is 22.6. The molecule has 0 bridgehead atoms. The van der Waals surface area contributed by atoms with Crippen LogP contribution in [0.1, 0.15) is 31.2 Å². The molecule has 3 N–H and O–H groups in total. The summed E-state index contributed by atoms with van der Waals surface area (Å²) in [6.45, 7) is 1.99. The smallest absolute Gasteiger partial charge is 0.225 e. The Hall–Kier alpha value is -2.64. The van der Waals surface area contributed by atoms with Crippen molar-refractivity contribution < 1.29 is 0 Å². The first-order chi connectivity index (χ1) is 15.4. The number of para-hydroxylation sites is 1. The van der Waals surface area contributed by atoms with Gasteiger partial charge in [-0.1, -0.05) is 29.8 Å². The van der Waals surface area contributed by atoms with Crippen molar-refractivity contribution in [3.05, 3.63) is 53.1 Å². The number of aromatic nitrogens is 2. The molecule has 0 amide bonds. The lowest BCUT2D eigenvalue weighted by Gasteiger charge is -2.30. The summed E-state index contributed by atoms with van der Waals surface area (Å²) >= 11 is 11.7. The third kappa shape index (κ3) is 5.22. The lowest BCUT2D eigenvalue weighted by Crippen LogP contribution is -2.42. The van der Waals surface area contributed by atoms with Gasteiger partial charge in [-0.3, -0.25) is 0 Å². The monoisotopic (exact) mass is 468 g/mol. The predicted molar refractivity (Wildman–Crippen MR) is 139 cm³/mol. The van der Waals surface area contributed by atoms with Crippen LogP contribution in [-0.4, -0.2) is 41.3 Å². The minimum absolute atomic E-state index is 0.348. The van der Waals surface area contributed by atoms with Gasteiger partial charge in [0, 0.05) is 42.3 Å². The van der Waals surface area contributed by atoms with Gasteiger partial charge in [0.2, 0.25) is 5.95 Å². The SMILES string of the molecule is Cc1c(Cl)cccc1NC(=S)NC1CCC(Nc2nc(N(C)C)c3ccccc3n2)CC1. The zero-order chi connectivity index (χ0) is 22.7. The molecule has 0 atom stereocenters. The second-order valence-corrected chi connectivity index (χ2v) is 9.30. The van der Waals surface area contributed by atoms with Gasteiger partial charge in [0.15, 0.2) is 5.11 Å². The van der Waals surface area contributed by atoms with Crippen LogP contribution in [0.25, 0.3) is 10.9 Å². The molecular weight excluding hydrogens is 440 g/mol.